The van der Waals surface area contributed by atoms with E-state index in [1.54, 1.807) is 0 Å². The lowest BCUT2D eigenvalue weighted by atomic mass is 10.2. The van der Waals surface area contributed by atoms with Crippen LogP contribution < -0.4 is 20.7 Å². The Kier molecular flexibility index (Phi) is 6.84. The number of urea groups is 1. The molecule has 0 saturated heterocycles. The van der Waals surface area contributed by atoms with Crippen molar-refractivity contribution in [1.82, 2.24) is 10.6 Å². The Hall–Kier alpha value is -3.23. The molecule has 0 heterocycles. The molecule has 0 aliphatic heterocycles. The summed E-state index contributed by atoms with van der Waals surface area (Å²) in [7, 11) is 0. The molecule has 3 amide bonds. The number of hydrogen-bond donors (Lipinski definition) is 3. The number of halogens is 3. The van der Waals surface area contributed by atoms with E-state index in [0.717, 1.165) is 0 Å². The number of rotatable bonds is 7. The smallest absolute Gasteiger partial charge is 0.387 e. The molecule has 0 aliphatic rings. The van der Waals surface area contributed by atoms with Crippen LogP contribution in [0.15, 0.2) is 48.5 Å². The van der Waals surface area contributed by atoms with Crippen LogP contribution in [-0.2, 0) is 11.3 Å². The SMILES string of the molecule is O=C(CNC(=O)NCc1ccc(F)cc1)Nc1ccccc1OC(F)F. The van der Waals surface area contributed by atoms with Crippen molar-refractivity contribution in [3.05, 3.63) is 59.9 Å². The van der Waals surface area contributed by atoms with Gasteiger partial charge in [-0.05, 0) is 29.8 Å². The summed E-state index contributed by atoms with van der Waals surface area (Å²) in [6, 6.07) is 10.6. The number of alkyl halides is 2. The highest BCUT2D eigenvalue weighted by Crippen LogP contribution is 2.25. The standard InChI is InChI=1S/C17H16F3N3O3/c18-12-7-5-11(6-8-12)9-21-17(25)22-10-15(24)23-13-3-1-2-4-14(13)26-16(19)20/h1-8,16H,9-10H2,(H,23,24)(H2,21,22,25). The molecule has 6 nitrogen and oxygen atoms in total. The molecule has 0 atom stereocenters. The van der Waals surface area contributed by atoms with E-state index < -0.39 is 18.5 Å². The van der Waals surface area contributed by atoms with Crippen molar-refractivity contribution in [2.75, 3.05) is 11.9 Å². The summed E-state index contributed by atoms with van der Waals surface area (Å²) < 4.78 is 41.7. The lowest BCUT2D eigenvalue weighted by molar-refractivity contribution is -0.115. The summed E-state index contributed by atoms with van der Waals surface area (Å²) in [5.74, 6) is -1.19. The van der Waals surface area contributed by atoms with Crippen molar-refractivity contribution < 1.29 is 27.5 Å². The van der Waals surface area contributed by atoms with E-state index in [0.29, 0.717) is 5.56 Å². The molecule has 0 aromatic heterocycles. The Balaban J connectivity index is 1.78. The number of para-hydroxylation sites is 2. The number of hydrogen-bond acceptors (Lipinski definition) is 3. The summed E-state index contributed by atoms with van der Waals surface area (Å²) in [6.07, 6.45) is 0. The molecule has 138 valence electrons. The quantitative estimate of drug-likeness (QED) is 0.704. The molecule has 0 radical (unpaired) electrons. The average Bonchev–Trinajstić information content (AvgIpc) is 2.61. The number of ether oxygens (including phenoxy) is 1. The molecule has 9 heteroatoms. The highest BCUT2D eigenvalue weighted by molar-refractivity contribution is 5.95. The molecule has 0 unspecified atom stereocenters. The maximum Gasteiger partial charge on any atom is 0.387 e. The van der Waals surface area contributed by atoms with Crippen LogP contribution >= 0.6 is 0 Å². The lowest BCUT2D eigenvalue weighted by Crippen LogP contribution is -2.39. The topological polar surface area (TPSA) is 79.5 Å². The van der Waals surface area contributed by atoms with Gasteiger partial charge >= 0.3 is 12.6 Å². The van der Waals surface area contributed by atoms with Crippen LogP contribution in [0, 0.1) is 5.82 Å². The Morgan fingerprint density at radius 1 is 1.00 bits per heavy atom. The van der Waals surface area contributed by atoms with Gasteiger partial charge in [-0.1, -0.05) is 24.3 Å². The molecule has 2 rings (SSSR count). The predicted molar refractivity (Wildman–Crippen MR) is 88.3 cm³/mol. The third-order valence-electron chi connectivity index (χ3n) is 3.15. The zero-order valence-corrected chi connectivity index (χ0v) is 13.5. The van der Waals surface area contributed by atoms with Crippen LogP contribution in [0.4, 0.5) is 23.7 Å². The molecule has 0 bridgehead atoms. The Morgan fingerprint density at radius 2 is 1.69 bits per heavy atom. The first-order chi connectivity index (χ1) is 12.4. The normalized spacial score (nSPS) is 10.3. The van der Waals surface area contributed by atoms with Gasteiger partial charge in [0.1, 0.15) is 11.6 Å². The monoisotopic (exact) mass is 367 g/mol. The molecule has 3 N–H and O–H groups in total. The van der Waals surface area contributed by atoms with Gasteiger partial charge in [0, 0.05) is 6.54 Å². The van der Waals surface area contributed by atoms with Crippen LogP contribution in [0.5, 0.6) is 5.75 Å². The van der Waals surface area contributed by atoms with E-state index in [1.807, 2.05) is 0 Å². The fraction of sp³-hybridized carbons (Fsp3) is 0.176. The third-order valence-corrected chi connectivity index (χ3v) is 3.15. The van der Waals surface area contributed by atoms with Gasteiger partial charge < -0.3 is 20.7 Å². The Bertz CT molecular complexity index is 754. The molecule has 0 aliphatic carbocycles. The third kappa shape index (κ3) is 6.34. The molecule has 2 aromatic rings. The fourth-order valence-electron chi connectivity index (χ4n) is 1.97. The molecule has 0 fully saturated rings. The maximum absolute atomic E-state index is 12.8. The molecular formula is C17H16F3N3O3. The highest BCUT2D eigenvalue weighted by atomic mass is 19.3. The Morgan fingerprint density at radius 3 is 2.38 bits per heavy atom. The van der Waals surface area contributed by atoms with E-state index in [4.69, 9.17) is 0 Å². The minimum Gasteiger partial charge on any atom is -0.433 e. The second-order valence-corrected chi connectivity index (χ2v) is 5.09. The van der Waals surface area contributed by atoms with E-state index in [2.05, 4.69) is 20.7 Å². The van der Waals surface area contributed by atoms with Crippen LogP contribution in [0.25, 0.3) is 0 Å². The summed E-state index contributed by atoms with van der Waals surface area (Å²) in [6.45, 7) is -3.25. The number of carbonyl (C=O) groups is 2. The minimum absolute atomic E-state index is 0.0614. The maximum atomic E-state index is 12.8. The minimum atomic E-state index is -3.02. The summed E-state index contributed by atoms with van der Waals surface area (Å²) in [4.78, 5) is 23.5. The van der Waals surface area contributed by atoms with Gasteiger partial charge in [0.25, 0.3) is 0 Å². The molecule has 0 spiro atoms. The summed E-state index contributed by atoms with van der Waals surface area (Å²) >= 11 is 0. The van der Waals surface area contributed by atoms with E-state index in [-0.39, 0.29) is 30.3 Å². The van der Waals surface area contributed by atoms with Crippen molar-refractivity contribution in [1.29, 1.82) is 0 Å². The first-order valence-corrected chi connectivity index (χ1v) is 7.54. The average molecular weight is 367 g/mol. The molecule has 26 heavy (non-hydrogen) atoms. The van der Waals surface area contributed by atoms with Crippen molar-refractivity contribution in [3.63, 3.8) is 0 Å². The van der Waals surface area contributed by atoms with Gasteiger partial charge in [-0.3, -0.25) is 4.79 Å². The first kappa shape index (κ1) is 19.1. The molecular weight excluding hydrogens is 351 g/mol. The first-order valence-electron chi connectivity index (χ1n) is 7.54. The highest BCUT2D eigenvalue weighted by Gasteiger charge is 2.12. The summed E-state index contributed by atoms with van der Waals surface area (Å²) in [5.41, 5.74) is 0.746. The van der Waals surface area contributed by atoms with Crippen molar-refractivity contribution in [3.8, 4) is 5.75 Å². The predicted octanol–water partition coefficient (Wildman–Crippen LogP) is 2.87. The molecule has 2 aromatic carbocycles. The molecule has 0 saturated carbocycles. The van der Waals surface area contributed by atoms with Gasteiger partial charge in [0.15, 0.2) is 0 Å². The van der Waals surface area contributed by atoms with Crippen LogP contribution in [0.1, 0.15) is 5.56 Å². The largest absolute Gasteiger partial charge is 0.433 e. The van der Waals surface area contributed by atoms with Gasteiger partial charge in [-0.2, -0.15) is 8.78 Å². The summed E-state index contributed by atoms with van der Waals surface area (Å²) in [5, 5.41) is 7.19. The van der Waals surface area contributed by atoms with Crippen LogP contribution in [-0.4, -0.2) is 25.1 Å². The van der Waals surface area contributed by atoms with Gasteiger partial charge in [-0.25, -0.2) is 9.18 Å². The zero-order chi connectivity index (χ0) is 18.9. The van der Waals surface area contributed by atoms with E-state index >= 15 is 0 Å². The van der Waals surface area contributed by atoms with Crippen LogP contribution in [0.3, 0.4) is 0 Å². The second-order valence-electron chi connectivity index (χ2n) is 5.09. The second kappa shape index (κ2) is 9.30. The number of anilines is 1. The number of carbonyl (C=O) groups excluding carboxylic acids is 2. The van der Waals surface area contributed by atoms with Crippen molar-refractivity contribution >= 4 is 17.6 Å². The Labute approximate surface area is 147 Å². The van der Waals surface area contributed by atoms with Crippen molar-refractivity contribution in [2.24, 2.45) is 0 Å². The number of amides is 3. The van der Waals surface area contributed by atoms with Gasteiger partial charge in [0.05, 0.1) is 12.2 Å². The van der Waals surface area contributed by atoms with Gasteiger partial charge in [0.2, 0.25) is 5.91 Å². The lowest BCUT2D eigenvalue weighted by Gasteiger charge is -2.12. The van der Waals surface area contributed by atoms with Crippen LogP contribution in [0.2, 0.25) is 0 Å². The van der Waals surface area contributed by atoms with E-state index in [1.165, 1.54) is 48.5 Å². The van der Waals surface area contributed by atoms with E-state index in [9.17, 15) is 22.8 Å². The van der Waals surface area contributed by atoms with Gasteiger partial charge in [-0.15, -0.1) is 0 Å². The number of benzene rings is 2. The fourth-order valence-corrected chi connectivity index (χ4v) is 1.97. The van der Waals surface area contributed by atoms with Crippen molar-refractivity contribution in [2.45, 2.75) is 13.2 Å². The zero-order valence-electron chi connectivity index (χ0n) is 13.5. The number of nitrogens with one attached hydrogen (secondary N) is 3.